The molecule has 1 unspecified atom stereocenters. The van der Waals surface area contributed by atoms with Gasteiger partial charge >= 0.3 is 0 Å². The van der Waals surface area contributed by atoms with Gasteiger partial charge in [-0.05, 0) is 68.6 Å². The summed E-state index contributed by atoms with van der Waals surface area (Å²) in [5.74, 6) is 2.29. The van der Waals surface area contributed by atoms with Gasteiger partial charge in [0.25, 0.3) is 5.91 Å². The minimum atomic E-state index is 0.00440. The molecule has 1 aromatic carbocycles. The minimum Gasteiger partial charge on any atom is -0.381 e. The molecule has 196 valence electrons. The van der Waals surface area contributed by atoms with Crippen molar-refractivity contribution in [2.24, 2.45) is 5.92 Å². The van der Waals surface area contributed by atoms with Gasteiger partial charge in [-0.2, -0.15) is 9.61 Å². The summed E-state index contributed by atoms with van der Waals surface area (Å²) in [6.45, 7) is 6.07. The Morgan fingerprint density at radius 1 is 1.05 bits per heavy atom. The number of benzene rings is 1. The lowest BCUT2D eigenvalue weighted by Gasteiger charge is -2.23. The van der Waals surface area contributed by atoms with E-state index >= 15 is 0 Å². The van der Waals surface area contributed by atoms with Gasteiger partial charge in [-0.25, -0.2) is 4.98 Å². The van der Waals surface area contributed by atoms with Gasteiger partial charge in [0.1, 0.15) is 11.6 Å². The highest BCUT2D eigenvalue weighted by atomic mass is 16.5. The van der Waals surface area contributed by atoms with Crippen LogP contribution in [0, 0.1) is 12.8 Å². The molecule has 2 aliphatic heterocycles. The van der Waals surface area contributed by atoms with Gasteiger partial charge in [0.05, 0.1) is 12.3 Å². The van der Waals surface area contributed by atoms with Crippen molar-refractivity contribution < 1.29 is 14.3 Å². The van der Waals surface area contributed by atoms with Gasteiger partial charge in [-0.3, -0.25) is 4.79 Å². The third-order valence-electron chi connectivity index (χ3n) is 7.61. The summed E-state index contributed by atoms with van der Waals surface area (Å²) < 4.78 is 13.2. The van der Waals surface area contributed by atoms with Crippen molar-refractivity contribution in [3.8, 4) is 11.1 Å². The summed E-state index contributed by atoms with van der Waals surface area (Å²) in [4.78, 5) is 17.6. The Morgan fingerprint density at radius 3 is 2.68 bits per heavy atom. The van der Waals surface area contributed by atoms with Crippen LogP contribution in [0.4, 0.5) is 11.6 Å². The molecule has 0 spiro atoms. The molecule has 1 saturated carbocycles. The Hall–Kier alpha value is -3.17. The maximum absolute atomic E-state index is 12.6. The SMILES string of the molecule is Cc1cc(-c2cnn3c(NCC4CCOCC4)cc(NCC4CCCO4)nc23)ccc1C(=O)NC1CC1. The van der Waals surface area contributed by atoms with Gasteiger partial charge in [-0.1, -0.05) is 12.1 Å². The number of nitrogens with zero attached hydrogens (tertiary/aromatic N) is 3. The number of hydrogen-bond acceptors (Lipinski definition) is 7. The van der Waals surface area contributed by atoms with E-state index < -0.39 is 0 Å². The first-order valence-corrected chi connectivity index (χ1v) is 13.6. The van der Waals surface area contributed by atoms with E-state index in [4.69, 9.17) is 19.6 Å². The van der Waals surface area contributed by atoms with Crippen LogP contribution in [-0.4, -0.2) is 65.6 Å². The molecule has 9 heteroatoms. The van der Waals surface area contributed by atoms with E-state index in [1.54, 1.807) is 0 Å². The summed E-state index contributed by atoms with van der Waals surface area (Å²) in [5.41, 5.74) is 4.38. The van der Waals surface area contributed by atoms with Crippen LogP contribution in [-0.2, 0) is 9.47 Å². The number of nitrogens with one attached hydrogen (secondary N) is 3. The number of aromatic nitrogens is 3. The van der Waals surface area contributed by atoms with Crippen LogP contribution in [0.3, 0.4) is 0 Å². The van der Waals surface area contributed by atoms with Crippen molar-refractivity contribution in [1.82, 2.24) is 19.9 Å². The van der Waals surface area contributed by atoms with E-state index in [2.05, 4.69) is 22.0 Å². The van der Waals surface area contributed by atoms with Gasteiger partial charge < -0.3 is 25.4 Å². The lowest BCUT2D eigenvalue weighted by molar-refractivity contribution is 0.0699. The Balaban J connectivity index is 1.29. The molecule has 1 amide bonds. The fourth-order valence-corrected chi connectivity index (χ4v) is 5.18. The first-order chi connectivity index (χ1) is 18.1. The predicted molar refractivity (Wildman–Crippen MR) is 143 cm³/mol. The first kappa shape index (κ1) is 24.2. The number of anilines is 2. The molecule has 3 aromatic rings. The van der Waals surface area contributed by atoms with Crippen molar-refractivity contribution in [2.45, 2.75) is 57.6 Å². The molecular weight excluding hydrogens is 468 g/mol. The third-order valence-corrected chi connectivity index (χ3v) is 7.61. The molecule has 6 rings (SSSR count). The lowest BCUT2D eigenvalue weighted by atomic mass is 10.0. The van der Waals surface area contributed by atoms with Crippen LogP contribution in [0.25, 0.3) is 16.8 Å². The van der Waals surface area contributed by atoms with Crippen molar-refractivity contribution in [2.75, 3.05) is 43.5 Å². The molecule has 4 heterocycles. The standard InChI is InChI=1S/C28H36N6O3/c1-18-13-20(4-7-23(18)28(35)32-21-5-6-21)24-17-31-34-26(30-15-19-8-11-36-12-9-19)14-25(33-27(24)34)29-16-22-3-2-10-37-22/h4,7,13-14,17,19,21-22,30H,2-3,5-6,8-12,15-16H2,1H3,(H,29,33)(H,32,35). The number of fused-ring (bicyclic) bond motifs is 1. The Kier molecular flexibility index (Phi) is 6.97. The minimum absolute atomic E-state index is 0.00440. The van der Waals surface area contributed by atoms with Crippen LogP contribution in [0.5, 0.6) is 0 Å². The van der Waals surface area contributed by atoms with Crippen LogP contribution in [0.2, 0.25) is 0 Å². The van der Waals surface area contributed by atoms with Crippen molar-refractivity contribution >= 4 is 23.2 Å². The maximum Gasteiger partial charge on any atom is 0.251 e. The topological polar surface area (TPSA) is 102 Å². The predicted octanol–water partition coefficient (Wildman–Crippen LogP) is 4.03. The van der Waals surface area contributed by atoms with Crippen LogP contribution < -0.4 is 16.0 Å². The van der Waals surface area contributed by atoms with Crippen molar-refractivity contribution in [1.29, 1.82) is 0 Å². The van der Waals surface area contributed by atoms with E-state index in [1.807, 2.05) is 35.8 Å². The zero-order valence-electron chi connectivity index (χ0n) is 21.5. The van der Waals surface area contributed by atoms with Crippen LogP contribution in [0.1, 0.15) is 54.4 Å². The number of ether oxygens (including phenoxy) is 2. The first-order valence-electron chi connectivity index (χ1n) is 13.6. The van der Waals surface area contributed by atoms with Gasteiger partial charge in [0, 0.05) is 56.1 Å². The Morgan fingerprint density at radius 2 is 1.92 bits per heavy atom. The van der Waals surface area contributed by atoms with E-state index in [9.17, 15) is 4.79 Å². The molecule has 1 atom stereocenters. The smallest absolute Gasteiger partial charge is 0.251 e. The normalized spacial score (nSPS) is 20.3. The molecular formula is C28H36N6O3. The maximum atomic E-state index is 12.6. The highest BCUT2D eigenvalue weighted by Gasteiger charge is 2.25. The second-order valence-corrected chi connectivity index (χ2v) is 10.6. The second kappa shape index (κ2) is 10.7. The average Bonchev–Trinajstić information content (AvgIpc) is 3.38. The number of carbonyl (C=O) groups excluding carboxylic acids is 1. The quantitative estimate of drug-likeness (QED) is 0.404. The zero-order chi connectivity index (χ0) is 25.2. The Bertz CT molecular complexity index is 1260. The van der Waals surface area contributed by atoms with E-state index in [1.165, 1.54) is 0 Å². The Labute approximate surface area is 217 Å². The van der Waals surface area contributed by atoms with Gasteiger partial charge in [0.2, 0.25) is 0 Å². The number of carbonyl (C=O) groups is 1. The second-order valence-electron chi connectivity index (χ2n) is 10.6. The van der Waals surface area contributed by atoms with Crippen molar-refractivity contribution in [3.63, 3.8) is 0 Å². The highest BCUT2D eigenvalue weighted by Crippen LogP contribution is 2.30. The molecule has 37 heavy (non-hydrogen) atoms. The lowest BCUT2D eigenvalue weighted by Crippen LogP contribution is -2.26. The molecule has 0 bridgehead atoms. The number of amides is 1. The third kappa shape index (κ3) is 5.57. The molecule has 2 saturated heterocycles. The molecule has 3 aliphatic rings. The average molecular weight is 505 g/mol. The fraction of sp³-hybridized carbons (Fsp3) is 0.536. The summed E-state index contributed by atoms with van der Waals surface area (Å²) in [7, 11) is 0. The molecule has 1 aliphatic carbocycles. The van der Waals surface area contributed by atoms with E-state index in [0.717, 1.165) is 111 Å². The molecule has 9 nitrogen and oxygen atoms in total. The van der Waals surface area contributed by atoms with Crippen LogP contribution in [0.15, 0.2) is 30.5 Å². The molecule has 3 fully saturated rings. The largest absolute Gasteiger partial charge is 0.381 e. The summed E-state index contributed by atoms with van der Waals surface area (Å²) in [6, 6.07) is 8.34. The van der Waals surface area contributed by atoms with Crippen molar-refractivity contribution in [3.05, 3.63) is 41.6 Å². The van der Waals surface area contributed by atoms with E-state index in [-0.39, 0.29) is 12.0 Å². The molecule has 2 aromatic heterocycles. The fourth-order valence-electron chi connectivity index (χ4n) is 5.18. The summed E-state index contributed by atoms with van der Waals surface area (Å²) in [5, 5.41) is 14.9. The number of hydrogen-bond donors (Lipinski definition) is 3. The van der Waals surface area contributed by atoms with E-state index in [0.29, 0.717) is 12.0 Å². The number of rotatable bonds is 9. The molecule has 0 radical (unpaired) electrons. The highest BCUT2D eigenvalue weighted by molar-refractivity contribution is 5.97. The van der Waals surface area contributed by atoms with Gasteiger partial charge in [-0.15, -0.1) is 0 Å². The van der Waals surface area contributed by atoms with Gasteiger partial charge in [0.15, 0.2) is 5.65 Å². The zero-order valence-corrected chi connectivity index (χ0v) is 21.5. The summed E-state index contributed by atoms with van der Waals surface area (Å²) >= 11 is 0. The van der Waals surface area contributed by atoms with Crippen LogP contribution >= 0.6 is 0 Å². The monoisotopic (exact) mass is 504 g/mol. The number of aryl methyl sites for hydroxylation is 1. The summed E-state index contributed by atoms with van der Waals surface area (Å²) in [6.07, 6.45) is 8.55. The molecule has 3 N–H and O–H groups in total.